The quantitative estimate of drug-likeness (QED) is 0.789. The van der Waals surface area contributed by atoms with Gasteiger partial charge in [0.2, 0.25) is 0 Å². The van der Waals surface area contributed by atoms with Crippen molar-refractivity contribution < 1.29 is 14.3 Å². The highest BCUT2D eigenvalue weighted by molar-refractivity contribution is 5.94. The standard InChI is InChI=1S/C14H13FN2O2/c15-13-5-4-10(7-12(13)14(16)19)17-8-9-2-1-3-11(18)6-9/h1-7,17-18H,8H2,(H2,16,19). The lowest BCUT2D eigenvalue weighted by Gasteiger charge is -2.08. The van der Waals surface area contributed by atoms with E-state index in [1.165, 1.54) is 18.2 Å². The van der Waals surface area contributed by atoms with E-state index in [0.29, 0.717) is 12.2 Å². The molecule has 0 bridgehead atoms. The molecular formula is C14H13FN2O2. The molecule has 4 N–H and O–H groups in total. The molecule has 0 radical (unpaired) electrons. The number of carbonyl (C=O) groups is 1. The Hall–Kier alpha value is -2.56. The van der Waals surface area contributed by atoms with Crippen molar-refractivity contribution in [2.24, 2.45) is 5.73 Å². The minimum Gasteiger partial charge on any atom is -0.508 e. The first-order valence-electron chi connectivity index (χ1n) is 5.67. The van der Waals surface area contributed by atoms with Gasteiger partial charge in [0.25, 0.3) is 5.91 Å². The summed E-state index contributed by atoms with van der Waals surface area (Å²) in [5, 5.41) is 12.4. The largest absolute Gasteiger partial charge is 0.508 e. The molecule has 0 aliphatic rings. The topological polar surface area (TPSA) is 75.4 Å². The number of rotatable bonds is 4. The summed E-state index contributed by atoms with van der Waals surface area (Å²) in [4.78, 5) is 11.0. The number of carbonyl (C=O) groups excluding carboxylic acids is 1. The van der Waals surface area contributed by atoms with E-state index in [1.807, 2.05) is 6.07 Å². The van der Waals surface area contributed by atoms with Gasteiger partial charge in [-0.1, -0.05) is 12.1 Å². The average molecular weight is 260 g/mol. The number of nitrogens with two attached hydrogens (primary N) is 1. The molecule has 2 rings (SSSR count). The van der Waals surface area contributed by atoms with E-state index in [9.17, 15) is 14.3 Å². The molecule has 0 aliphatic heterocycles. The molecule has 4 nitrogen and oxygen atoms in total. The first-order valence-corrected chi connectivity index (χ1v) is 5.67. The molecule has 0 saturated heterocycles. The van der Waals surface area contributed by atoms with Crippen LogP contribution in [0.1, 0.15) is 15.9 Å². The zero-order valence-corrected chi connectivity index (χ0v) is 10.1. The Morgan fingerprint density at radius 2 is 2.05 bits per heavy atom. The molecule has 0 spiro atoms. The van der Waals surface area contributed by atoms with Crippen molar-refractivity contribution in [3.05, 3.63) is 59.4 Å². The minimum atomic E-state index is -0.807. The molecule has 1 amide bonds. The molecule has 0 aliphatic carbocycles. The molecule has 0 unspecified atom stereocenters. The molecule has 2 aromatic carbocycles. The predicted octanol–water partition coefficient (Wildman–Crippen LogP) is 2.24. The van der Waals surface area contributed by atoms with Crippen molar-refractivity contribution >= 4 is 11.6 Å². The summed E-state index contributed by atoms with van der Waals surface area (Å²) in [6.07, 6.45) is 0. The molecule has 0 heterocycles. The van der Waals surface area contributed by atoms with Gasteiger partial charge < -0.3 is 16.2 Å². The van der Waals surface area contributed by atoms with E-state index in [-0.39, 0.29) is 11.3 Å². The number of primary amides is 1. The number of hydrogen-bond donors (Lipinski definition) is 3. The average Bonchev–Trinajstić information content (AvgIpc) is 2.37. The van der Waals surface area contributed by atoms with Crippen LogP contribution in [0.5, 0.6) is 5.75 Å². The smallest absolute Gasteiger partial charge is 0.251 e. The predicted molar refractivity (Wildman–Crippen MR) is 70.4 cm³/mol. The second-order valence-electron chi connectivity index (χ2n) is 4.08. The summed E-state index contributed by atoms with van der Waals surface area (Å²) < 4.78 is 13.3. The Bertz CT molecular complexity index is 614. The number of anilines is 1. The van der Waals surface area contributed by atoms with Crippen LogP contribution in [0, 0.1) is 5.82 Å². The third-order valence-corrected chi connectivity index (χ3v) is 2.64. The van der Waals surface area contributed by atoms with Gasteiger partial charge in [0.1, 0.15) is 11.6 Å². The van der Waals surface area contributed by atoms with Crippen molar-refractivity contribution in [3.8, 4) is 5.75 Å². The molecular weight excluding hydrogens is 247 g/mol. The number of benzene rings is 2. The van der Waals surface area contributed by atoms with Gasteiger partial charge in [-0.05, 0) is 35.9 Å². The molecule has 19 heavy (non-hydrogen) atoms. The third kappa shape index (κ3) is 3.22. The Kier molecular flexibility index (Phi) is 3.66. The van der Waals surface area contributed by atoms with Crippen LogP contribution < -0.4 is 11.1 Å². The van der Waals surface area contributed by atoms with E-state index in [1.54, 1.807) is 18.2 Å². The lowest BCUT2D eigenvalue weighted by molar-refractivity contribution is 0.0996. The van der Waals surface area contributed by atoms with Gasteiger partial charge in [-0.3, -0.25) is 4.79 Å². The number of hydrogen-bond acceptors (Lipinski definition) is 3. The Balaban J connectivity index is 2.12. The maximum absolute atomic E-state index is 13.3. The summed E-state index contributed by atoms with van der Waals surface area (Å²) >= 11 is 0. The van der Waals surface area contributed by atoms with Crippen LogP contribution in [0.15, 0.2) is 42.5 Å². The summed E-state index contributed by atoms with van der Waals surface area (Å²) in [5.74, 6) is -1.27. The fourth-order valence-corrected chi connectivity index (χ4v) is 1.69. The zero-order chi connectivity index (χ0) is 13.8. The van der Waals surface area contributed by atoms with E-state index in [0.717, 1.165) is 5.56 Å². The molecule has 0 saturated carbocycles. The number of phenols is 1. The first kappa shape index (κ1) is 12.9. The molecule has 0 aromatic heterocycles. The normalized spacial score (nSPS) is 10.2. The van der Waals surface area contributed by atoms with Gasteiger partial charge in [-0.25, -0.2) is 4.39 Å². The maximum Gasteiger partial charge on any atom is 0.251 e. The van der Waals surface area contributed by atoms with Crippen LogP contribution in [-0.2, 0) is 6.54 Å². The van der Waals surface area contributed by atoms with Crippen LogP contribution in [0.25, 0.3) is 0 Å². The number of amides is 1. The monoisotopic (exact) mass is 260 g/mol. The Labute approximate surface area is 109 Å². The van der Waals surface area contributed by atoms with Crippen molar-refractivity contribution in [1.82, 2.24) is 0 Å². The number of nitrogens with one attached hydrogen (secondary N) is 1. The summed E-state index contributed by atoms with van der Waals surface area (Å²) in [6, 6.07) is 10.8. The molecule has 5 heteroatoms. The van der Waals surface area contributed by atoms with E-state index >= 15 is 0 Å². The highest BCUT2D eigenvalue weighted by Gasteiger charge is 2.08. The third-order valence-electron chi connectivity index (χ3n) is 2.64. The van der Waals surface area contributed by atoms with Crippen molar-refractivity contribution in [3.63, 3.8) is 0 Å². The molecule has 0 atom stereocenters. The first-order chi connectivity index (χ1) is 9.06. The van der Waals surface area contributed by atoms with Gasteiger partial charge in [0.15, 0.2) is 0 Å². The van der Waals surface area contributed by atoms with Crippen LogP contribution in [0.2, 0.25) is 0 Å². The van der Waals surface area contributed by atoms with Gasteiger partial charge in [0.05, 0.1) is 5.56 Å². The molecule has 0 fully saturated rings. The fourth-order valence-electron chi connectivity index (χ4n) is 1.69. The number of aromatic hydroxyl groups is 1. The Morgan fingerprint density at radius 3 is 2.74 bits per heavy atom. The van der Waals surface area contributed by atoms with Crippen molar-refractivity contribution in [1.29, 1.82) is 0 Å². The van der Waals surface area contributed by atoms with Gasteiger partial charge in [-0.2, -0.15) is 0 Å². The zero-order valence-electron chi connectivity index (χ0n) is 10.1. The second kappa shape index (κ2) is 5.39. The SMILES string of the molecule is NC(=O)c1cc(NCc2cccc(O)c2)ccc1F. The summed E-state index contributed by atoms with van der Waals surface area (Å²) in [5.41, 5.74) is 6.37. The van der Waals surface area contributed by atoms with E-state index < -0.39 is 11.7 Å². The second-order valence-corrected chi connectivity index (χ2v) is 4.08. The van der Waals surface area contributed by atoms with E-state index in [2.05, 4.69) is 5.32 Å². The number of phenolic OH excluding ortho intramolecular Hbond substituents is 1. The maximum atomic E-state index is 13.3. The van der Waals surface area contributed by atoms with Gasteiger partial charge >= 0.3 is 0 Å². The van der Waals surface area contributed by atoms with Crippen molar-refractivity contribution in [2.75, 3.05) is 5.32 Å². The molecule has 2 aromatic rings. The lowest BCUT2D eigenvalue weighted by atomic mass is 10.1. The minimum absolute atomic E-state index is 0.152. The van der Waals surface area contributed by atoms with Crippen LogP contribution in [-0.4, -0.2) is 11.0 Å². The van der Waals surface area contributed by atoms with Crippen LogP contribution in [0.3, 0.4) is 0 Å². The summed E-state index contributed by atoms with van der Waals surface area (Å²) in [7, 11) is 0. The van der Waals surface area contributed by atoms with Gasteiger partial charge in [-0.15, -0.1) is 0 Å². The highest BCUT2D eigenvalue weighted by Crippen LogP contribution is 2.16. The fraction of sp³-hybridized carbons (Fsp3) is 0.0714. The van der Waals surface area contributed by atoms with Crippen molar-refractivity contribution in [2.45, 2.75) is 6.54 Å². The summed E-state index contributed by atoms with van der Waals surface area (Å²) in [6.45, 7) is 0.443. The van der Waals surface area contributed by atoms with Crippen LogP contribution in [0.4, 0.5) is 10.1 Å². The number of halogens is 1. The Morgan fingerprint density at radius 1 is 1.26 bits per heavy atom. The highest BCUT2D eigenvalue weighted by atomic mass is 19.1. The van der Waals surface area contributed by atoms with Gasteiger partial charge in [0, 0.05) is 12.2 Å². The lowest BCUT2D eigenvalue weighted by Crippen LogP contribution is -2.13. The van der Waals surface area contributed by atoms with Crippen LogP contribution >= 0.6 is 0 Å². The molecule has 98 valence electrons. The van der Waals surface area contributed by atoms with E-state index in [4.69, 9.17) is 5.73 Å².